The van der Waals surface area contributed by atoms with Crippen molar-refractivity contribution in [2.24, 2.45) is 5.41 Å². The second kappa shape index (κ2) is 16.7. The molecule has 13 heteroatoms. The zero-order valence-corrected chi connectivity index (χ0v) is 29.0. The van der Waals surface area contributed by atoms with E-state index in [-0.39, 0.29) is 31.4 Å². The first kappa shape index (κ1) is 38.4. The van der Waals surface area contributed by atoms with Crippen molar-refractivity contribution in [2.45, 2.75) is 82.6 Å². The molecule has 0 radical (unpaired) electrons. The lowest BCUT2D eigenvalue weighted by atomic mass is 9.71. The number of halogens is 5. The third-order valence-corrected chi connectivity index (χ3v) is 10.1. The largest absolute Gasteiger partial charge is 0.416 e. The number of carbonyl (C=O) groups excluding carboxylic acids is 4. The van der Waals surface area contributed by atoms with Gasteiger partial charge in [-0.1, -0.05) is 61.7 Å². The summed E-state index contributed by atoms with van der Waals surface area (Å²) in [4.78, 5) is 58.5. The lowest BCUT2D eigenvalue weighted by molar-refractivity contribution is -0.146. The quantitative estimate of drug-likeness (QED) is 0.294. The van der Waals surface area contributed by atoms with Crippen LogP contribution in [0.5, 0.6) is 0 Å². The summed E-state index contributed by atoms with van der Waals surface area (Å²) >= 11 is 0. The summed E-state index contributed by atoms with van der Waals surface area (Å²) in [6, 6.07) is 14.0. The number of rotatable bonds is 7. The van der Waals surface area contributed by atoms with Gasteiger partial charge in [-0.15, -0.1) is 0 Å². The third-order valence-electron chi connectivity index (χ3n) is 10.1. The highest BCUT2D eigenvalue weighted by Gasteiger charge is 2.39. The Morgan fingerprint density at radius 2 is 1.48 bits per heavy atom. The molecule has 5 rings (SSSR count). The van der Waals surface area contributed by atoms with E-state index < -0.39 is 77.6 Å². The normalized spacial score (nSPS) is 20.7. The molecule has 1 aliphatic heterocycles. The summed E-state index contributed by atoms with van der Waals surface area (Å²) < 4.78 is 68.5. The van der Waals surface area contributed by atoms with E-state index in [1.54, 1.807) is 0 Å². The Hall–Kier alpha value is -4.81. The number of nitrogens with zero attached hydrogens (tertiary/aromatic N) is 2. The highest BCUT2D eigenvalue weighted by atomic mass is 19.4. The summed E-state index contributed by atoms with van der Waals surface area (Å²) in [5, 5.41) is 5.80. The third kappa shape index (κ3) is 10.2. The number of benzene rings is 3. The Balaban J connectivity index is 1.52. The maximum absolute atomic E-state index is 14.4. The molecule has 1 saturated carbocycles. The van der Waals surface area contributed by atoms with Crippen molar-refractivity contribution in [3.8, 4) is 0 Å². The van der Waals surface area contributed by atoms with Crippen molar-refractivity contribution in [1.29, 1.82) is 0 Å². The first-order valence-corrected chi connectivity index (χ1v) is 17.5. The van der Waals surface area contributed by atoms with Gasteiger partial charge in [0.25, 0.3) is 0 Å². The van der Waals surface area contributed by atoms with Gasteiger partial charge in [0.05, 0.1) is 5.56 Å². The molecule has 2 fully saturated rings. The smallest absolute Gasteiger partial charge is 0.354 e. The molecule has 1 saturated heterocycles. The maximum atomic E-state index is 14.4. The topological polar surface area (TPSA) is 98.8 Å². The van der Waals surface area contributed by atoms with E-state index in [1.807, 2.05) is 30.3 Å². The standard InChI is InChI=1S/C39H43F5N4O4/c1-47-33(15-12-26-8-4-2-5-9-26)36(51)45-25-38(16-6-3-7-17-38)22-34(49)46-32(20-27-10-13-29(14-11-27)39(42,43)44)37(52)48(24-35(47)50)23-28-18-30(40)21-31(41)19-28/h2,4-5,8-11,13-14,18-19,21,32-33H,3,6-7,12,15-17,20,22-25H2,1H3,(H,45,51)(H,46,49)/t32-,33-/m0/s1. The van der Waals surface area contributed by atoms with Crippen molar-refractivity contribution < 1.29 is 41.1 Å². The van der Waals surface area contributed by atoms with Gasteiger partial charge in [-0.05, 0) is 72.1 Å². The predicted octanol–water partition coefficient (Wildman–Crippen LogP) is 5.97. The zero-order chi connectivity index (χ0) is 37.5. The molecule has 2 atom stereocenters. The molecule has 3 aromatic rings. The molecule has 2 N–H and O–H groups in total. The Morgan fingerprint density at radius 1 is 0.827 bits per heavy atom. The van der Waals surface area contributed by atoms with Crippen molar-refractivity contribution in [3.05, 3.63) is 107 Å². The van der Waals surface area contributed by atoms with Gasteiger partial charge in [-0.25, -0.2) is 8.78 Å². The van der Waals surface area contributed by atoms with Crippen molar-refractivity contribution in [3.63, 3.8) is 0 Å². The minimum atomic E-state index is -4.58. The summed E-state index contributed by atoms with van der Waals surface area (Å²) in [5.74, 6) is -4.13. The molecule has 0 aromatic heterocycles. The minimum Gasteiger partial charge on any atom is -0.354 e. The molecular formula is C39H43F5N4O4. The van der Waals surface area contributed by atoms with Crippen molar-refractivity contribution >= 4 is 23.6 Å². The molecule has 52 heavy (non-hydrogen) atoms. The van der Waals surface area contributed by atoms with Crippen LogP contribution in [0.2, 0.25) is 0 Å². The molecule has 278 valence electrons. The van der Waals surface area contributed by atoms with Crippen LogP contribution in [0.4, 0.5) is 22.0 Å². The maximum Gasteiger partial charge on any atom is 0.416 e. The molecule has 4 amide bonds. The van der Waals surface area contributed by atoms with E-state index in [1.165, 1.54) is 24.1 Å². The summed E-state index contributed by atoms with van der Waals surface area (Å²) in [6.45, 7) is -0.874. The van der Waals surface area contributed by atoms with Crippen molar-refractivity contribution in [2.75, 3.05) is 20.1 Å². The van der Waals surface area contributed by atoms with E-state index in [4.69, 9.17) is 0 Å². The summed E-state index contributed by atoms with van der Waals surface area (Å²) in [7, 11) is 1.46. The van der Waals surface area contributed by atoms with E-state index in [9.17, 15) is 41.1 Å². The average Bonchev–Trinajstić information content (AvgIpc) is 3.09. The summed E-state index contributed by atoms with van der Waals surface area (Å²) in [5.41, 5.74) is -0.221. The van der Waals surface area contributed by atoms with Gasteiger partial charge in [0.2, 0.25) is 23.6 Å². The molecular weight excluding hydrogens is 683 g/mol. The lowest BCUT2D eigenvalue weighted by Gasteiger charge is -2.39. The van der Waals surface area contributed by atoms with Gasteiger partial charge in [0, 0.05) is 39.0 Å². The second-order valence-electron chi connectivity index (χ2n) is 14.0. The van der Waals surface area contributed by atoms with E-state index in [0.29, 0.717) is 30.9 Å². The molecule has 1 spiro atoms. The fraction of sp³-hybridized carbons (Fsp3) is 0.436. The Morgan fingerprint density at radius 3 is 2.12 bits per heavy atom. The molecule has 1 aliphatic carbocycles. The van der Waals surface area contributed by atoms with E-state index in [2.05, 4.69) is 10.6 Å². The SMILES string of the molecule is CN1C(=O)CN(Cc2cc(F)cc(F)c2)C(=O)[C@H](Cc2ccc(C(F)(F)F)cc2)NC(=O)CC2(CCCCC2)CNC(=O)[C@@H]1CCc1ccccc1. The zero-order valence-electron chi connectivity index (χ0n) is 29.0. The minimum absolute atomic E-state index is 0.0252. The number of alkyl halides is 3. The van der Waals surface area contributed by atoms with Crippen LogP contribution in [0.3, 0.4) is 0 Å². The van der Waals surface area contributed by atoms with E-state index >= 15 is 0 Å². The number of likely N-dealkylation sites (N-methyl/N-ethyl adjacent to an activating group) is 1. The summed E-state index contributed by atoms with van der Waals surface area (Å²) in [6.07, 6.45) is -0.228. The Labute approximate surface area is 299 Å². The number of aryl methyl sites for hydroxylation is 1. The molecule has 3 aromatic carbocycles. The number of hydrogen-bond donors (Lipinski definition) is 2. The van der Waals surface area contributed by atoms with Gasteiger partial charge < -0.3 is 20.4 Å². The molecule has 0 unspecified atom stereocenters. The van der Waals surface area contributed by atoms with Gasteiger partial charge in [-0.2, -0.15) is 13.2 Å². The van der Waals surface area contributed by atoms with Gasteiger partial charge in [-0.3, -0.25) is 19.2 Å². The molecule has 1 heterocycles. The number of carbonyl (C=O) groups is 4. The fourth-order valence-corrected chi connectivity index (χ4v) is 7.21. The fourth-order valence-electron chi connectivity index (χ4n) is 7.21. The molecule has 8 nitrogen and oxygen atoms in total. The van der Waals surface area contributed by atoms with Crippen LogP contribution < -0.4 is 10.6 Å². The predicted molar refractivity (Wildman–Crippen MR) is 183 cm³/mol. The lowest BCUT2D eigenvalue weighted by Crippen LogP contribution is -2.56. The molecule has 2 aliphatic rings. The van der Waals surface area contributed by atoms with Crippen LogP contribution in [0.15, 0.2) is 72.8 Å². The van der Waals surface area contributed by atoms with Crippen LogP contribution in [-0.4, -0.2) is 65.6 Å². The number of hydrogen-bond acceptors (Lipinski definition) is 4. The van der Waals surface area contributed by atoms with Gasteiger partial charge in [0.15, 0.2) is 0 Å². The average molecular weight is 727 g/mol. The highest BCUT2D eigenvalue weighted by molar-refractivity contribution is 5.93. The van der Waals surface area contributed by atoms with Crippen LogP contribution in [-0.2, 0) is 44.7 Å². The monoisotopic (exact) mass is 726 g/mol. The van der Waals surface area contributed by atoms with Crippen LogP contribution in [0.25, 0.3) is 0 Å². The van der Waals surface area contributed by atoms with Crippen molar-refractivity contribution in [1.82, 2.24) is 20.4 Å². The number of amides is 4. The van der Waals surface area contributed by atoms with Crippen LogP contribution in [0, 0.1) is 17.0 Å². The van der Waals surface area contributed by atoms with E-state index in [0.717, 1.165) is 54.0 Å². The highest BCUT2D eigenvalue weighted by Crippen LogP contribution is 2.39. The first-order chi connectivity index (χ1) is 24.7. The second-order valence-corrected chi connectivity index (χ2v) is 14.0. The van der Waals surface area contributed by atoms with Crippen LogP contribution in [0.1, 0.15) is 67.2 Å². The Bertz CT molecular complexity index is 1710. The van der Waals surface area contributed by atoms with Crippen LogP contribution >= 0.6 is 0 Å². The van der Waals surface area contributed by atoms with Gasteiger partial charge >= 0.3 is 6.18 Å². The molecule has 0 bridgehead atoms. The number of nitrogens with one attached hydrogen (secondary N) is 2. The first-order valence-electron chi connectivity index (χ1n) is 17.5. The van der Waals surface area contributed by atoms with Gasteiger partial charge in [0.1, 0.15) is 30.3 Å². The Kier molecular flexibility index (Phi) is 12.3.